The molecule has 4 aromatic rings. The molecule has 0 spiro atoms. The number of aromatic nitrogens is 1. The van der Waals surface area contributed by atoms with Crippen LogP contribution in [0.2, 0.25) is 5.02 Å². The molecule has 1 aromatic heterocycles. The normalized spacial score (nSPS) is 10.9. The number of aromatic carboxylic acids is 1. The van der Waals surface area contributed by atoms with Crippen LogP contribution in [0, 0.1) is 6.92 Å². The fourth-order valence-corrected chi connectivity index (χ4v) is 3.31. The molecule has 3 aromatic carbocycles. The van der Waals surface area contributed by atoms with Gasteiger partial charge in [0.15, 0.2) is 0 Å². The number of hydrogen-bond donors (Lipinski definition) is 2. The zero-order chi connectivity index (χ0) is 19.0. The number of H-pyrrole nitrogens is 1. The summed E-state index contributed by atoms with van der Waals surface area (Å²) >= 11 is 5.98. The Kier molecular flexibility index (Phi) is 4.34. The lowest BCUT2D eigenvalue weighted by Gasteiger charge is -2.10. The summed E-state index contributed by atoms with van der Waals surface area (Å²) in [5.41, 5.74) is 3.17. The smallest absolute Gasteiger partial charge is 0.352 e. The standard InChI is InChI=1S/C22H16ClNO3/c1-13-18(27-16-5-3-2-4-6-16)12-11-17-19(14-7-9-15(23)10-8-14)21(22(25)26)24-20(13)17/h2-12,24H,1H3,(H,25,26). The molecule has 0 aliphatic heterocycles. The van der Waals surface area contributed by atoms with Crippen molar-refractivity contribution in [1.29, 1.82) is 0 Å². The van der Waals surface area contributed by atoms with Crippen molar-refractivity contribution in [3.63, 3.8) is 0 Å². The molecule has 0 unspecified atom stereocenters. The van der Waals surface area contributed by atoms with E-state index in [1.54, 1.807) is 12.1 Å². The molecule has 0 aliphatic carbocycles. The quantitative estimate of drug-likeness (QED) is 0.439. The minimum absolute atomic E-state index is 0.146. The van der Waals surface area contributed by atoms with Gasteiger partial charge in [-0.15, -0.1) is 0 Å². The first-order valence-electron chi connectivity index (χ1n) is 8.42. The van der Waals surface area contributed by atoms with Gasteiger partial charge in [0.25, 0.3) is 0 Å². The van der Waals surface area contributed by atoms with Gasteiger partial charge in [-0.25, -0.2) is 4.79 Å². The number of carboxylic acids is 1. The predicted octanol–water partition coefficient (Wildman–Crippen LogP) is 6.29. The van der Waals surface area contributed by atoms with Crippen molar-refractivity contribution in [2.24, 2.45) is 0 Å². The minimum Gasteiger partial charge on any atom is -0.477 e. The first-order chi connectivity index (χ1) is 13.0. The van der Waals surface area contributed by atoms with E-state index in [-0.39, 0.29) is 5.69 Å². The molecule has 27 heavy (non-hydrogen) atoms. The highest BCUT2D eigenvalue weighted by Crippen LogP contribution is 2.38. The van der Waals surface area contributed by atoms with Crippen LogP contribution in [-0.2, 0) is 0 Å². The number of aryl methyl sites for hydroxylation is 1. The van der Waals surface area contributed by atoms with E-state index in [4.69, 9.17) is 16.3 Å². The molecule has 0 bridgehead atoms. The summed E-state index contributed by atoms with van der Waals surface area (Å²) in [4.78, 5) is 14.9. The van der Waals surface area contributed by atoms with Gasteiger partial charge in [0.05, 0.1) is 5.52 Å². The fourth-order valence-electron chi connectivity index (χ4n) is 3.19. The highest BCUT2D eigenvalue weighted by molar-refractivity contribution is 6.30. The number of hydrogen-bond acceptors (Lipinski definition) is 2. The second-order valence-corrected chi connectivity index (χ2v) is 6.65. The molecule has 4 rings (SSSR count). The van der Waals surface area contributed by atoms with Crippen molar-refractivity contribution in [1.82, 2.24) is 4.98 Å². The van der Waals surface area contributed by atoms with E-state index >= 15 is 0 Å². The Morgan fingerprint density at radius 2 is 1.70 bits per heavy atom. The Hall–Kier alpha value is -3.24. The van der Waals surface area contributed by atoms with Gasteiger partial charge in [-0.05, 0) is 48.9 Å². The molecule has 0 atom stereocenters. The van der Waals surface area contributed by atoms with Gasteiger partial charge in [0, 0.05) is 21.5 Å². The number of rotatable bonds is 4. The van der Waals surface area contributed by atoms with Crippen LogP contribution >= 0.6 is 11.6 Å². The lowest BCUT2D eigenvalue weighted by atomic mass is 10.0. The summed E-state index contributed by atoms with van der Waals surface area (Å²) in [6.45, 7) is 1.91. The summed E-state index contributed by atoms with van der Waals surface area (Å²) in [5, 5.41) is 11.1. The molecule has 134 valence electrons. The van der Waals surface area contributed by atoms with Crippen LogP contribution in [0.1, 0.15) is 16.1 Å². The van der Waals surface area contributed by atoms with Gasteiger partial charge in [-0.1, -0.05) is 41.9 Å². The average Bonchev–Trinajstić information content (AvgIpc) is 3.06. The van der Waals surface area contributed by atoms with E-state index in [2.05, 4.69) is 4.98 Å². The maximum absolute atomic E-state index is 11.8. The van der Waals surface area contributed by atoms with Crippen LogP contribution in [0.5, 0.6) is 11.5 Å². The van der Waals surface area contributed by atoms with Crippen LogP contribution in [0.25, 0.3) is 22.0 Å². The molecule has 2 N–H and O–H groups in total. The number of halogens is 1. The molecular weight excluding hydrogens is 362 g/mol. The van der Waals surface area contributed by atoms with E-state index in [1.807, 2.05) is 61.5 Å². The predicted molar refractivity (Wildman–Crippen MR) is 107 cm³/mol. The van der Waals surface area contributed by atoms with Gasteiger partial charge < -0.3 is 14.8 Å². The van der Waals surface area contributed by atoms with Crippen molar-refractivity contribution in [2.45, 2.75) is 6.92 Å². The van der Waals surface area contributed by atoms with E-state index < -0.39 is 5.97 Å². The summed E-state index contributed by atoms with van der Waals surface area (Å²) in [7, 11) is 0. The van der Waals surface area contributed by atoms with Crippen LogP contribution in [0.3, 0.4) is 0 Å². The number of fused-ring (bicyclic) bond motifs is 1. The number of ether oxygens (including phenoxy) is 1. The van der Waals surface area contributed by atoms with E-state index in [0.717, 1.165) is 27.8 Å². The topological polar surface area (TPSA) is 62.3 Å². The largest absolute Gasteiger partial charge is 0.477 e. The maximum Gasteiger partial charge on any atom is 0.352 e. The molecule has 0 saturated heterocycles. The number of aromatic amines is 1. The molecule has 4 nitrogen and oxygen atoms in total. The van der Waals surface area contributed by atoms with Gasteiger partial charge >= 0.3 is 5.97 Å². The van der Waals surface area contributed by atoms with E-state index in [1.165, 1.54) is 0 Å². The number of para-hydroxylation sites is 1. The van der Waals surface area contributed by atoms with Crippen LogP contribution in [0.4, 0.5) is 0 Å². The monoisotopic (exact) mass is 377 g/mol. The second kappa shape index (κ2) is 6.82. The van der Waals surface area contributed by atoms with Crippen molar-refractivity contribution < 1.29 is 14.6 Å². The fraction of sp³-hybridized carbons (Fsp3) is 0.0455. The SMILES string of the molecule is Cc1c(Oc2ccccc2)ccc2c(-c3ccc(Cl)cc3)c(C(=O)O)[nH]c12. The third-order valence-electron chi connectivity index (χ3n) is 4.50. The van der Waals surface area contributed by atoms with E-state index in [9.17, 15) is 9.90 Å². The third-order valence-corrected chi connectivity index (χ3v) is 4.75. The first-order valence-corrected chi connectivity index (χ1v) is 8.80. The summed E-state index contributed by atoms with van der Waals surface area (Å²) in [6, 6.07) is 20.4. The van der Waals surface area contributed by atoms with Crippen LogP contribution in [0.15, 0.2) is 66.7 Å². The zero-order valence-corrected chi connectivity index (χ0v) is 15.2. The van der Waals surface area contributed by atoms with Gasteiger partial charge in [0.2, 0.25) is 0 Å². The summed E-state index contributed by atoms with van der Waals surface area (Å²) < 4.78 is 5.96. The van der Waals surface area contributed by atoms with Gasteiger partial charge in [-0.2, -0.15) is 0 Å². The average molecular weight is 378 g/mol. The van der Waals surface area contributed by atoms with E-state index in [0.29, 0.717) is 16.3 Å². The highest BCUT2D eigenvalue weighted by atomic mass is 35.5. The minimum atomic E-state index is -1.01. The summed E-state index contributed by atoms with van der Waals surface area (Å²) in [5.74, 6) is 0.388. The molecule has 0 fully saturated rings. The highest BCUT2D eigenvalue weighted by Gasteiger charge is 2.21. The second-order valence-electron chi connectivity index (χ2n) is 6.21. The van der Waals surface area contributed by atoms with Crippen molar-refractivity contribution in [2.75, 3.05) is 0 Å². The Labute approximate surface area is 161 Å². The number of benzene rings is 3. The van der Waals surface area contributed by atoms with Crippen molar-refractivity contribution in [3.8, 4) is 22.6 Å². The summed E-state index contributed by atoms with van der Waals surface area (Å²) in [6.07, 6.45) is 0. The number of nitrogens with one attached hydrogen (secondary N) is 1. The first kappa shape index (κ1) is 17.2. The zero-order valence-electron chi connectivity index (χ0n) is 14.5. The number of carboxylic acid groups (broad SMARTS) is 1. The van der Waals surface area contributed by atoms with Crippen LogP contribution < -0.4 is 4.74 Å². The lowest BCUT2D eigenvalue weighted by molar-refractivity contribution is 0.0692. The maximum atomic E-state index is 11.8. The molecule has 5 heteroatoms. The Bertz CT molecular complexity index is 1130. The molecule has 0 amide bonds. The van der Waals surface area contributed by atoms with Gasteiger partial charge in [0.1, 0.15) is 17.2 Å². The van der Waals surface area contributed by atoms with Crippen molar-refractivity contribution in [3.05, 3.63) is 83.0 Å². The molecule has 0 saturated carbocycles. The third kappa shape index (κ3) is 3.15. The van der Waals surface area contributed by atoms with Crippen molar-refractivity contribution >= 4 is 28.5 Å². The van der Waals surface area contributed by atoms with Crippen LogP contribution in [-0.4, -0.2) is 16.1 Å². The Morgan fingerprint density at radius 3 is 2.37 bits per heavy atom. The Morgan fingerprint density at radius 1 is 1.00 bits per heavy atom. The number of carbonyl (C=O) groups is 1. The lowest BCUT2D eigenvalue weighted by Crippen LogP contribution is -1.98. The molecule has 1 heterocycles. The molecule has 0 radical (unpaired) electrons. The molecule has 0 aliphatic rings. The van der Waals surface area contributed by atoms with Gasteiger partial charge in [-0.3, -0.25) is 0 Å². The molecular formula is C22H16ClNO3. The Balaban J connectivity index is 1.89.